The smallest absolute Gasteiger partial charge is 0.347 e. The van der Waals surface area contributed by atoms with Crippen LogP contribution in [-0.2, 0) is 19.1 Å². The lowest BCUT2D eigenvalue weighted by Crippen LogP contribution is -2.58. The van der Waals surface area contributed by atoms with E-state index in [9.17, 15) is 14.7 Å². The van der Waals surface area contributed by atoms with Gasteiger partial charge in [0.2, 0.25) is 6.10 Å². The van der Waals surface area contributed by atoms with Crippen molar-refractivity contribution in [2.75, 3.05) is 6.61 Å². The van der Waals surface area contributed by atoms with Gasteiger partial charge in [-0.05, 0) is 50.4 Å². The number of ether oxygens (including phenoxy) is 2. The number of hydrogen-bond acceptors (Lipinski definition) is 5. The van der Waals surface area contributed by atoms with Crippen LogP contribution in [0.1, 0.15) is 44.9 Å². The van der Waals surface area contributed by atoms with Crippen molar-refractivity contribution in [2.24, 2.45) is 17.3 Å². The van der Waals surface area contributed by atoms with Gasteiger partial charge in [0.15, 0.2) is 0 Å². The lowest BCUT2D eigenvalue weighted by molar-refractivity contribution is -0.200. The van der Waals surface area contributed by atoms with Gasteiger partial charge in [0.25, 0.3) is 0 Å². The van der Waals surface area contributed by atoms with Crippen LogP contribution in [0.25, 0.3) is 0 Å². The van der Waals surface area contributed by atoms with E-state index in [1.807, 2.05) is 0 Å². The van der Waals surface area contributed by atoms with E-state index in [0.717, 1.165) is 32.1 Å². The van der Waals surface area contributed by atoms with Gasteiger partial charge in [-0.25, -0.2) is 4.79 Å². The van der Waals surface area contributed by atoms with E-state index in [0.29, 0.717) is 31.3 Å². The lowest BCUT2D eigenvalue weighted by atomic mass is 9.48. The zero-order valence-electron chi connectivity index (χ0n) is 11.5. The van der Waals surface area contributed by atoms with Crippen LogP contribution in [-0.4, -0.2) is 35.4 Å². The minimum absolute atomic E-state index is 0.283. The Morgan fingerprint density at radius 1 is 1.25 bits per heavy atom. The molecule has 4 saturated carbocycles. The SMILES string of the molecule is O=C1OCCC1OC(=O)C12CC3CC(CC(O)(C3)C1)C2. The summed E-state index contributed by atoms with van der Waals surface area (Å²) in [6.07, 6.45) is 4.63. The van der Waals surface area contributed by atoms with Gasteiger partial charge in [0.05, 0.1) is 17.6 Å². The maximum absolute atomic E-state index is 12.6. The van der Waals surface area contributed by atoms with E-state index in [1.54, 1.807) is 0 Å². The van der Waals surface area contributed by atoms with E-state index < -0.39 is 23.1 Å². The van der Waals surface area contributed by atoms with Crippen molar-refractivity contribution in [3.63, 3.8) is 0 Å². The number of hydrogen-bond donors (Lipinski definition) is 1. The third kappa shape index (κ3) is 1.79. The van der Waals surface area contributed by atoms with Gasteiger partial charge >= 0.3 is 11.9 Å². The molecule has 5 nitrogen and oxygen atoms in total. The van der Waals surface area contributed by atoms with Gasteiger partial charge < -0.3 is 14.6 Å². The fourth-order valence-electron chi connectivity index (χ4n) is 5.29. The molecule has 110 valence electrons. The summed E-state index contributed by atoms with van der Waals surface area (Å²) in [7, 11) is 0. The van der Waals surface area contributed by atoms with Gasteiger partial charge in [0, 0.05) is 6.42 Å². The molecule has 5 aliphatic rings. The highest BCUT2D eigenvalue weighted by Crippen LogP contribution is 2.62. The summed E-state index contributed by atoms with van der Waals surface area (Å²) in [5.74, 6) is 0.157. The van der Waals surface area contributed by atoms with E-state index in [-0.39, 0.29) is 5.97 Å². The summed E-state index contributed by atoms with van der Waals surface area (Å²) in [5.41, 5.74) is -1.24. The zero-order valence-corrected chi connectivity index (χ0v) is 11.5. The van der Waals surface area contributed by atoms with Crippen LogP contribution in [0.3, 0.4) is 0 Å². The molecule has 1 aliphatic heterocycles. The van der Waals surface area contributed by atoms with Crippen molar-refractivity contribution in [3.05, 3.63) is 0 Å². The Balaban J connectivity index is 1.55. The van der Waals surface area contributed by atoms with Crippen LogP contribution in [0.15, 0.2) is 0 Å². The molecule has 0 amide bonds. The molecule has 20 heavy (non-hydrogen) atoms. The standard InChI is InChI=1S/C15H20O5/c16-12-11(1-2-19-12)20-13(17)14-4-9-3-10(5-14)7-15(18,6-9)8-14/h9-11,18H,1-8H2. The third-order valence-electron chi connectivity index (χ3n) is 5.60. The Labute approximate surface area is 117 Å². The quantitative estimate of drug-likeness (QED) is 0.769. The summed E-state index contributed by atoms with van der Waals surface area (Å²) in [4.78, 5) is 24.1. The first-order chi connectivity index (χ1) is 9.48. The largest absolute Gasteiger partial charge is 0.463 e. The molecule has 3 unspecified atom stereocenters. The molecule has 0 radical (unpaired) electrons. The molecule has 0 aromatic rings. The molecule has 0 spiro atoms. The second-order valence-electron chi connectivity index (χ2n) is 7.32. The van der Waals surface area contributed by atoms with E-state index in [2.05, 4.69) is 0 Å². The zero-order chi connectivity index (χ0) is 14.0. The average Bonchev–Trinajstić information content (AvgIpc) is 2.71. The number of rotatable bonds is 2. The Hall–Kier alpha value is -1.10. The van der Waals surface area contributed by atoms with Gasteiger partial charge in [-0.15, -0.1) is 0 Å². The highest BCUT2D eigenvalue weighted by Gasteiger charge is 2.61. The topological polar surface area (TPSA) is 72.8 Å². The molecule has 5 rings (SSSR count). The number of carbonyl (C=O) groups is 2. The molecule has 4 bridgehead atoms. The summed E-state index contributed by atoms with van der Waals surface area (Å²) < 4.78 is 10.3. The second-order valence-corrected chi connectivity index (χ2v) is 7.32. The molecule has 3 atom stereocenters. The Morgan fingerprint density at radius 3 is 2.50 bits per heavy atom. The normalized spacial score (nSPS) is 49.2. The van der Waals surface area contributed by atoms with Crippen molar-refractivity contribution < 1.29 is 24.2 Å². The van der Waals surface area contributed by atoms with Gasteiger partial charge in [-0.1, -0.05) is 0 Å². The van der Waals surface area contributed by atoms with Crippen molar-refractivity contribution in [1.82, 2.24) is 0 Å². The number of cyclic esters (lactones) is 1. The van der Waals surface area contributed by atoms with E-state index in [1.165, 1.54) is 0 Å². The van der Waals surface area contributed by atoms with Crippen LogP contribution in [0.2, 0.25) is 0 Å². The van der Waals surface area contributed by atoms with E-state index in [4.69, 9.17) is 9.47 Å². The van der Waals surface area contributed by atoms with E-state index >= 15 is 0 Å². The number of carbonyl (C=O) groups excluding carboxylic acids is 2. The Kier molecular flexibility index (Phi) is 2.50. The molecule has 5 fully saturated rings. The highest BCUT2D eigenvalue weighted by molar-refractivity contribution is 5.83. The Bertz CT molecular complexity index is 457. The molecule has 5 heteroatoms. The third-order valence-corrected chi connectivity index (χ3v) is 5.60. The maximum Gasteiger partial charge on any atom is 0.347 e. The second kappa shape index (κ2) is 3.97. The molecular formula is C15H20O5. The molecule has 4 aliphatic carbocycles. The molecule has 0 aromatic carbocycles. The molecule has 1 saturated heterocycles. The predicted molar refractivity (Wildman–Crippen MR) is 67.5 cm³/mol. The van der Waals surface area contributed by atoms with Crippen molar-refractivity contribution in [2.45, 2.75) is 56.7 Å². The van der Waals surface area contributed by atoms with Crippen LogP contribution in [0.4, 0.5) is 0 Å². The van der Waals surface area contributed by atoms with Crippen LogP contribution in [0.5, 0.6) is 0 Å². The monoisotopic (exact) mass is 280 g/mol. The van der Waals surface area contributed by atoms with Crippen LogP contribution in [0, 0.1) is 17.3 Å². The van der Waals surface area contributed by atoms with Gasteiger partial charge in [0.1, 0.15) is 0 Å². The molecule has 1 heterocycles. The molecule has 1 N–H and O–H groups in total. The van der Waals surface area contributed by atoms with Crippen LogP contribution < -0.4 is 0 Å². The summed E-state index contributed by atoms with van der Waals surface area (Å²) in [5, 5.41) is 10.6. The minimum Gasteiger partial charge on any atom is -0.463 e. The summed E-state index contributed by atoms with van der Waals surface area (Å²) in [6.45, 7) is 0.332. The van der Waals surface area contributed by atoms with Gasteiger partial charge in [-0.3, -0.25) is 4.79 Å². The number of esters is 2. The van der Waals surface area contributed by atoms with Gasteiger partial charge in [-0.2, -0.15) is 0 Å². The fourth-order valence-corrected chi connectivity index (χ4v) is 5.29. The first-order valence-corrected chi connectivity index (χ1v) is 7.58. The first-order valence-electron chi connectivity index (χ1n) is 7.58. The summed E-state index contributed by atoms with van der Waals surface area (Å²) >= 11 is 0. The maximum atomic E-state index is 12.6. The van der Waals surface area contributed by atoms with Crippen molar-refractivity contribution >= 4 is 11.9 Å². The highest BCUT2D eigenvalue weighted by atomic mass is 16.6. The predicted octanol–water partition coefficient (Wildman–Crippen LogP) is 1.18. The van der Waals surface area contributed by atoms with Crippen molar-refractivity contribution in [3.8, 4) is 0 Å². The van der Waals surface area contributed by atoms with Crippen molar-refractivity contribution in [1.29, 1.82) is 0 Å². The average molecular weight is 280 g/mol. The van der Waals surface area contributed by atoms with Crippen LogP contribution >= 0.6 is 0 Å². The fraction of sp³-hybridized carbons (Fsp3) is 0.867. The lowest BCUT2D eigenvalue weighted by Gasteiger charge is -2.58. The first kappa shape index (κ1) is 12.6. The molecule has 0 aromatic heterocycles. The molecular weight excluding hydrogens is 260 g/mol. The number of aliphatic hydroxyl groups is 1. The summed E-state index contributed by atoms with van der Waals surface area (Å²) in [6, 6.07) is 0. The minimum atomic E-state index is -0.731. The Morgan fingerprint density at radius 2 is 1.95 bits per heavy atom.